The molecule has 166 valence electrons. The van der Waals surface area contributed by atoms with Crippen LogP contribution in [0.4, 0.5) is 0 Å². The van der Waals surface area contributed by atoms with Crippen molar-refractivity contribution < 1.29 is 4.42 Å². The summed E-state index contributed by atoms with van der Waals surface area (Å²) in [5.74, 6) is 1.11. The van der Waals surface area contributed by atoms with E-state index in [1.807, 2.05) is 28.9 Å². The Morgan fingerprint density at radius 3 is 2.58 bits per heavy atom. The number of benzene rings is 2. The van der Waals surface area contributed by atoms with Crippen molar-refractivity contribution in [2.75, 3.05) is 0 Å². The fourth-order valence-electron chi connectivity index (χ4n) is 5.05. The molecule has 4 heterocycles. The second-order valence-electron chi connectivity index (χ2n) is 9.96. The topological polar surface area (TPSA) is 26.0 Å². The molecule has 0 saturated carbocycles. The summed E-state index contributed by atoms with van der Waals surface area (Å²) in [7, 11) is 0. The minimum atomic E-state index is 0.0627. The molecule has 0 aliphatic rings. The lowest BCUT2D eigenvalue weighted by Crippen LogP contribution is -2.11. The molecule has 0 aliphatic heterocycles. The van der Waals surface area contributed by atoms with Gasteiger partial charge in [-0.2, -0.15) is 0 Å². The maximum atomic E-state index is 6.31. The number of fused-ring (bicyclic) bond motifs is 6. The van der Waals surface area contributed by atoms with Crippen molar-refractivity contribution in [3.8, 4) is 11.3 Å². The molecule has 6 rings (SSSR count). The molecule has 0 spiro atoms. The molecule has 6 aromatic rings. The Balaban J connectivity index is 1.74. The first-order valence-corrected chi connectivity index (χ1v) is 13.3. The number of hydrogen-bond acceptors (Lipinski definition) is 4. The summed E-state index contributed by atoms with van der Waals surface area (Å²) in [6, 6.07) is 13.4. The lowest BCUT2D eigenvalue weighted by molar-refractivity contribution is 0.541. The molecule has 0 N–H and O–H groups in total. The Morgan fingerprint density at radius 2 is 1.79 bits per heavy atom. The first-order chi connectivity index (χ1) is 15.9. The van der Waals surface area contributed by atoms with Gasteiger partial charge in [-0.05, 0) is 77.1 Å². The van der Waals surface area contributed by atoms with E-state index < -0.39 is 0 Å². The fraction of sp³-hybridized carbons (Fsp3) is 0.276. The molecule has 2 nitrogen and oxygen atoms in total. The van der Waals surface area contributed by atoms with Gasteiger partial charge >= 0.3 is 0 Å². The number of hydrogen-bond donors (Lipinski definition) is 0. The molecule has 0 atom stereocenters. The van der Waals surface area contributed by atoms with Gasteiger partial charge < -0.3 is 4.42 Å². The van der Waals surface area contributed by atoms with Crippen molar-refractivity contribution in [1.29, 1.82) is 0 Å². The smallest absolute Gasteiger partial charge is 0.135 e. The Bertz CT molecular complexity index is 1670. The number of nitrogens with zero attached hydrogens (tertiary/aromatic N) is 1. The molecule has 33 heavy (non-hydrogen) atoms. The van der Waals surface area contributed by atoms with Crippen LogP contribution in [-0.2, 0) is 11.8 Å². The van der Waals surface area contributed by atoms with Crippen molar-refractivity contribution in [2.24, 2.45) is 0 Å². The molecule has 2 aromatic carbocycles. The van der Waals surface area contributed by atoms with E-state index in [0.29, 0.717) is 0 Å². The van der Waals surface area contributed by atoms with Crippen molar-refractivity contribution in [3.05, 3.63) is 64.9 Å². The highest BCUT2D eigenvalue weighted by atomic mass is 32.1. The second-order valence-corrected chi connectivity index (χ2v) is 12.0. The number of thiophene rings is 2. The molecule has 0 unspecified atom stereocenters. The van der Waals surface area contributed by atoms with Gasteiger partial charge in [-0.3, -0.25) is 4.98 Å². The highest BCUT2D eigenvalue weighted by Gasteiger charge is 2.22. The summed E-state index contributed by atoms with van der Waals surface area (Å²) in [5, 5.41) is 7.30. The maximum Gasteiger partial charge on any atom is 0.135 e. The largest absolute Gasteiger partial charge is 0.461 e. The molecule has 0 bridgehead atoms. The quantitative estimate of drug-likeness (QED) is 0.258. The Kier molecular flexibility index (Phi) is 4.69. The van der Waals surface area contributed by atoms with Crippen molar-refractivity contribution >= 4 is 63.9 Å². The molecule has 0 saturated heterocycles. The van der Waals surface area contributed by atoms with Gasteiger partial charge in [0.25, 0.3) is 0 Å². The molecule has 0 aliphatic carbocycles. The van der Waals surface area contributed by atoms with E-state index in [2.05, 4.69) is 76.4 Å². The van der Waals surface area contributed by atoms with Crippen LogP contribution in [0.25, 0.3) is 52.5 Å². The minimum absolute atomic E-state index is 0.0627. The Morgan fingerprint density at radius 1 is 0.970 bits per heavy atom. The predicted molar refractivity (Wildman–Crippen MR) is 145 cm³/mol. The van der Waals surface area contributed by atoms with Gasteiger partial charge in [-0.25, -0.2) is 0 Å². The SMILES string of the molecule is CCCc1oc2ccc3sc4ccnc(-c5cc(C(C)(C)C)c6sccc6c5)c4c3c2c1C. The standard InChI is InChI=1S/C29H27NOS2/c1-6-7-20-16(2)24-21(31-20)8-9-22-25(24)26-23(33-22)10-12-30-27(26)18-14-17-11-13-32-28(17)19(15-18)29(3,4)5/h8-15H,6-7H2,1-5H3. The van der Waals surface area contributed by atoms with Crippen LogP contribution >= 0.6 is 22.7 Å². The number of aryl methyl sites for hydroxylation is 2. The average Bonchev–Trinajstić information content (AvgIpc) is 3.48. The summed E-state index contributed by atoms with van der Waals surface area (Å²) >= 11 is 3.69. The van der Waals surface area contributed by atoms with Crippen LogP contribution < -0.4 is 0 Å². The van der Waals surface area contributed by atoms with E-state index in [1.54, 1.807) is 0 Å². The summed E-state index contributed by atoms with van der Waals surface area (Å²) in [6.45, 7) is 11.3. The zero-order valence-corrected chi connectivity index (χ0v) is 21.3. The van der Waals surface area contributed by atoms with Gasteiger partial charge in [0.15, 0.2) is 0 Å². The summed E-state index contributed by atoms with van der Waals surface area (Å²) in [4.78, 5) is 4.97. The fourth-order valence-corrected chi connectivity index (χ4v) is 7.27. The molecule has 4 heteroatoms. The summed E-state index contributed by atoms with van der Waals surface area (Å²) in [5.41, 5.74) is 5.98. The van der Waals surface area contributed by atoms with Gasteiger partial charge in [0.05, 0.1) is 5.69 Å². The van der Waals surface area contributed by atoms with E-state index in [0.717, 1.165) is 29.9 Å². The third-order valence-corrected chi connectivity index (χ3v) is 8.73. The summed E-state index contributed by atoms with van der Waals surface area (Å²) < 4.78 is 10.3. The summed E-state index contributed by atoms with van der Waals surface area (Å²) in [6.07, 6.45) is 4.01. The molecule has 0 radical (unpaired) electrons. The zero-order valence-electron chi connectivity index (χ0n) is 19.7. The van der Waals surface area contributed by atoms with Gasteiger partial charge in [0.1, 0.15) is 11.3 Å². The van der Waals surface area contributed by atoms with E-state index in [-0.39, 0.29) is 5.41 Å². The number of rotatable bonds is 3. The van der Waals surface area contributed by atoms with Gasteiger partial charge in [0.2, 0.25) is 0 Å². The highest BCUT2D eigenvalue weighted by molar-refractivity contribution is 7.26. The Labute approximate surface area is 201 Å². The third kappa shape index (κ3) is 3.15. The molecule has 4 aromatic heterocycles. The zero-order chi connectivity index (χ0) is 22.9. The van der Waals surface area contributed by atoms with Crippen LogP contribution in [0.15, 0.2) is 52.4 Å². The number of pyridine rings is 1. The van der Waals surface area contributed by atoms with Gasteiger partial charge in [-0.1, -0.05) is 27.7 Å². The van der Waals surface area contributed by atoms with Crippen LogP contribution in [-0.4, -0.2) is 4.98 Å². The van der Waals surface area contributed by atoms with Crippen LogP contribution in [0.2, 0.25) is 0 Å². The first kappa shape index (κ1) is 20.9. The van der Waals surface area contributed by atoms with Crippen LogP contribution in [0.5, 0.6) is 0 Å². The lowest BCUT2D eigenvalue weighted by Gasteiger charge is -2.21. The van der Waals surface area contributed by atoms with Crippen LogP contribution in [0.1, 0.15) is 51.0 Å². The van der Waals surface area contributed by atoms with Crippen LogP contribution in [0.3, 0.4) is 0 Å². The second kappa shape index (κ2) is 7.41. The average molecular weight is 470 g/mol. The number of furan rings is 1. The van der Waals surface area contributed by atoms with Crippen molar-refractivity contribution in [3.63, 3.8) is 0 Å². The lowest BCUT2D eigenvalue weighted by atomic mass is 9.84. The van der Waals surface area contributed by atoms with Gasteiger partial charge in [0, 0.05) is 48.4 Å². The van der Waals surface area contributed by atoms with Crippen LogP contribution in [0, 0.1) is 6.92 Å². The predicted octanol–water partition coefficient (Wildman–Crippen LogP) is 9.64. The minimum Gasteiger partial charge on any atom is -0.461 e. The third-order valence-electron chi connectivity index (χ3n) is 6.65. The molecular weight excluding hydrogens is 442 g/mol. The van der Waals surface area contributed by atoms with Crippen molar-refractivity contribution in [1.82, 2.24) is 4.98 Å². The first-order valence-electron chi connectivity index (χ1n) is 11.6. The van der Waals surface area contributed by atoms with E-state index in [4.69, 9.17) is 9.40 Å². The number of aromatic nitrogens is 1. The molecule has 0 fully saturated rings. The van der Waals surface area contributed by atoms with E-state index in [9.17, 15) is 0 Å². The monoisotopic (exact) mass is 469 g/mol. The normalized spacial score (nSPS) is 12.6. The van der Waals surface area contributed by atoms with E-state index in [1.165, 1.54) is 52.3 Å². The maximum absolute atomic E-state index is 6.31. The molecular formula is C29H27NOS2. The Hall–Kier alpha value is -2.69. The van der Waals surface area contributed by atoms with Crippen molar-refractivity contribution in [2.45, 2.75) is 52.9 Å². The highest BCUT2D eigenvalue weighted by Crippen LogP contribution is 2.45. The molecule has 0 amide bonds. The van der Waals surface area contributed by atoms with E-state index >= 15 is 0 Å². The van der Waals surface area contributed by atoms with Gasteiger partial charge in [-0.15, -0.1) is 22.7 Å².